The molecule has 0 atom stereocenters. The van der Waals surface area contributed by atoms with E-state index in [4.69, 9.17) is 0 Å². The minimum absolute atomic E-state index is 0.155. The molecule has 0 bridgehead atoms. The zero-order chi connectivity index (χ0) is 18.7. The van der Waals surface area contributed by atoms with Crippen molar-refractivity contribution >= 4 is 11.6 Å². The number of nitrogens with zero attached hydrogens (tertiary/aromatic N) is 4. The smallest absolute Gasteiger partial charge is 0.326 e. The number of aromatic nitrogens is 4. The van der Waals surface area contributed by atoms with Crippen molar-refractivity contribution in [2.45, 2.75) is 19.5 Å². The molecule has 0 saturated heterocycles. The molecular weight excluding hydrogens is 347 g/mol. The van der Waals surface area contributed by atoms with Crippen LogP contribution < -0.4 is 5.32 Å². The fourth-order valence-corrected chi connectivity index (χ4v) is 2.51. The molecule has 1 aromatic heterocycles. The zero-order valence-electron chi connectivity index (χ0n) is 13.7. The highest BCUT2D eigenvalue weighted by atomic mass is 19.4. The number of alkyl halides is 3. The van der Waals surface area contributed by atoms with Crippen molar-refractivity contribution in [3.8, 4) is 5.69 Å². The van der Waals surface area contributed by atoms with Gasteiger partial charge in [-0.3, -0.25) is 4.79 Å². The maximum atomic E-state index is 12.7. The van der Waals surface area contributed by atoms with Crippen LogP contribution in [0, 0.1) is 6.92 Å². The molecule has 134 valence electrons. The van der Waals surface area contributed by atoms with Crippen molar-refractivity contribution in [3.63, 3.8) is 0 Å². The maximum Gasteiger partial charge on any atom is 0.416 e. The third kappa shape index (κ3) is 4.05. The molecule has 1 amide bonds. The third-order valence-electron chi connectivity index (χ3n) is 3.70. The topological polar surface area (TPSA) is 72.7 Å². The summed E-state index contributed by atoms with van der Waals surface area (Å²) in [5.74, 6) is -0.404. The van der Waals surface area contributed by atoms with Crippen LogP contribution in [0.1, 0.15) is 16.7 Å². The molecule has 0 spiro atoms. The summed E-state index contributed by atoms with van der Waals surface area (Å²) >= 11 is 0. The lowest BCUT2D eigenvalue weighted by molar-refractivity contribution is -0.137. The first-order chi connectivity index (χ1) is 12.3. The second-order valence-corrected chi connectivity index (χ2v) is 5.68. The summed E-state index contributed by atoms with van der Waals surface area (Å²) in [6, 6.07) is 9.88. The fraction of sp³-hybridized carbons (Fsp3) is 0.176. The molecule has 0 unspecified atom stereocenters. The van der Waals surface area contributed by atoms with Gasteiger partial charge in [0.15, 0.2) is 0 Å². The summed E-state index contributed by atoms with van der Waals surface area (Å²) in [7, 11) is 0. The second-order valence-electron chi connectivity index (χ2n) is 5.68. The molecule has 26 heavy (non-hydrogen) atoms. The van der Waals surface area contributed by atoms with E-state index in [9.17, 15) is 18.0 Å². The average Bonchev–Trinajstić information content (AvgIpc) is 3.08. The van der Waals surface area contributed by atoms with Crippen molar-refractivity contribution in [2.75, 3.05) is 5.32 Å². The van der Waals surface area contributed by atoms with Crippen LogP contribution in [0.5, 0.6) is 0 Å². The van der Waals surface area contributed by atoms with Gasteiger partial charge in [0, 0.05) is 5.69 Å². The van der Waals surface area contributed by atoms with E-state index < -0.39 is 17.6 Å². The van der Waals surface area contributed by atoms with Gasteiger partial charge in [-0.25, -0.2) is 4.68 Å². The molecule has 1 heterocycles. The first-order valence-corrected chi connectivity index (χ1v) is 7.63. The molecule has 2 aromatic carbocycles. The van der Waals surface area contributed by atoms with Crippen molar-refractivity contribution in [3.05, 3.63) is 65.5 Å². The first kappa shape index (κ1) is 17.6. The van der Waals surface area contributed by atoms with Gasteiger partial charge < -0.3 is 5.32 Å². The predicted molar refractivity (Wildman–Crippen MR) is 87.7 cm³/mol. The van der Waals surface area contributed by atoms with E-state index in [0.29, 0.717) is 11.3 Å². The molecular formula is C17H14F3N5O. The van der Waals surface area contributed by atoms with Crippen LogP contribution in [-0.2, 0) is 17.4 Å². The standard InChI is InChI=1S/C17H14F3N5O/c1-11-7-14(5-6-15(11)25-10-21-23-24-25)22-16(26)9-12-3-2-4-13(8-12)17(18,19)20/h2-8,10H,9H2,1H3,(H,22,26). The van der Waals surface area contributed by atoms with E-state index in [1.807, 2.05) is 6.92 Å². The van der Waals surface area contributed by atoms with E-state index in [-0.39, 0.29) is 6.42 Å². The molecule has 0 saturated carbocycles. The minimum Gasteiger partial charge on any atom is -0.326 e. The quantitative estimate of drug-likeness (QED) is 0.775. The Hall–Kier alpha value is -3.23. The summed E-state index contributed by atoms with van der Waals surface area (Å²) < 4.78 is 39.7. The number of aryl methyl sites for hydroxylation is 1. The van der Waals surface area contributed by atoms with Crippen molar-refractivity contribution in [2.24, 2.45) is 0 Å². The highest BCUT2D eigenvalue weighted by Gasteiger charge is 2.30. The van der Waals surface area contributed by atoms with E-state index in [0.717, 1.165) is 23.4 Å². The van der Waals surface area contributed by atoms with Gasteiger partial charge in [-0.15, -0.1) is 5.10 Å². The Kier molecular flexibility index (Phi) is 4.70. The Bertz CT molecular complexity index is 922. The van der Waals surface area contributed by atoms with E-state index in [1.54, 1.807) is 18.2 Å². The SMILES string of the molecule is Cc1cc(NC(=O)Cc2cccc(C(F)(F)F)c2)ccc1-n1cnnn1. The highest BCUT2D eigenvalue weighted by Crippen LogP contribution is 2.29. The van der Waals surface area contributed by atoms with Crippen LogP contribution >= 0.6 is 0 Å². The minimum atomic E-state index is -4.43. The van der Waals surface area contributed by atoms with E-state index in [1.165, 1.54) is 23.1 Å². The Labute approximate surface area is 146 Å². The van der Waals surface area contributed by atoms with Gasteiger partial charge in [0.2, 0.25) is 5.91 Å². The molecule has 3 rings (SSSR count). The van der Waals surface area contributed by atoms with Gasteiger partial charge in [-0.1, -0.05) is 18.2 Å². The van der Waals surface area contributed by atoms with Gasteiger partial charge in [-0.2, -0.15) is 13.2 Å². The molecule has 6 nitrogen and oxygen atoms in total. The number of tetrazole rings is 1. The van der Waals surface area contributed by atoms with Crippen LogP contribution in [0.25, 0.3) is 5.69 Å². The van der Waals surface area contributed by atoms with E-state index in [2.05, 4.69) is 20.8 Å². The van der Waals surface area contributed by atoms with Crippen molar-refractivity contribution in [1.29, 1.82) is 0 Å². The van der Waals surface area contributed by atoms with Crippen molar-refractivity contribution in [1.82, 2.24) is 20.2 Å². The molecule has 0 radical (unpaired) electrons. The second kappa shape index (κ2) is 6.95. The number of nitrogens with one attached hydrogen (secondary N) is 1. The van der Waals surface area contributed by atoms with E-state index >= 15 is 0 Å². The third-order valence-corrected chi connectivity index (χ3v) is 3.70. The molecule has 1 N–H and O–H groups in total. The van der Waals surface area contributed by atoms with Crippen LogP contribution in [0.15, 0.2) is 48.8 Å². The number of benzene rings is 2. The average molecular weight is 361 g/mol. The number of rotatable bonds is 4. The summed E-state index contributed by atoms with van der Waals surface area (Å²) in [5, 5.41) is 13.6. The number of hydrogen-bond acceptors (Lipinski definition) is 4. The van der Waals surface area contributed by atoms with Gasteiger partial charge in [0.1, 0.15) is 6.33 Å². The number of anilines is 1. The molecule has 0 fully saturated rings. The van der Waals surface area contributed by atoms with Crippen LogP contribution in [-0.4, -0.2) is 26.1 Å². The lowest BCUT2D eigenvalue weighted by Crippen LogP contribution is -2.15. The molecule has 0 aliphatic carbocycles. The zero-order valence-corrected chi connectivity index (χ0v) is 13.7. The van der Waals surface area contributed by atoms with Crippen LogP contribution in [0.3, 0.4) is 0 Å². The van der Waals surface area contributed by atoms with Gasteiger partial charge >= 0.3 is 6.18 Å². The summed E-state index contributed by atoms with van der Waals surface area (Å²) in [6.07, 6.45) is -3.14. The largest absolute Gasteiger partial charge is 0.416 e. The molecule has 0 aliphatic rings. The van der Waals surface area contributed by atoms with Gasteiger partial charge in [0.05, 0.1) is 17.7 Å². The number of carbonyl (C=O) groups is 1. The number of halogens is 3. The Balaban J connectivity index is 1.70. The Morgan fingerprint density at radius 2 is 2.00 bits per heavy atom. The Morgan fingerprint density at radius 1 is 1.19 bits per heavy atom. The van der Waals surface area contributed by atoms with Crippen LogP contribution in [0.4, 0.5) is 18.9 Å². The normalized spacial score (nSPS) is 11.4. The van der Waals surface area contributed by atoms with Crippen LogP contribution in [0.2, 0.25) is 0 Å². The lowest BCUT2D eigenvalue weighted by atomic mass is 10.1. The molecule has 0 aliphatic heterocycles. The summed E-state index contributed by atoms with van der Waals surface area (Å²) in [5.41, 5.74) is 1.64. The molecule has 3 aromatic rings. The maximum absolute atomic E-state index is 12.7. The monoisotopic (exact) mass is 361 g/mol. The van der Waals surface area contributed by atoms with Crippen molar-refractivity contribution < 1.29 is 18.0 Å². The summed E-state index contributed by atoms with van der Waals surface area (Å²) in [4.78, 5) is 12.1. The Morgan fingerprint density at radius 3 is 2.65 bits per heavy atom. The fourth-order valence-electron chi connectivity index (χ4n) is 2.51. The number of carbonyl (C=O) groups excluding carboxylic acids is 1. The summed E-state index contributed by atoms with van der Waals surface area (Å²) in [6.45, 7) is 1.83. The predicted octanol–water partition coefficient (Wildman–Crippen LogP) is 3.17. The van der Waals surface area contributed by atoms with Gasteiger partial charge in [0.25, 0.3) is 0 Å². The number of hydrogen-bond donors (Lipinski definition) is 1. The lowest BCUT2D eigenvalue weighted by Gasteiger charge is -2.11. The van der Waals surface area contributed by atoms with Gasteiger partial charge in [-0.05, 0) is 52.7 Å². The number of amides is 1. The highest BCUT2D eigenvalue weighted by molar-refractivity contribution is 5.92. The first-order valence-electron chi connectivity index (χ1n) is 7.63. The molecule has 9 heteroatoms.